The topological polar surface area (TPSA) is 92.2 Å². The maximum absolute atomic E-state index is 11.9. The molecule has 0 N–H and O–H groups in total. The molecule has 0 aromatic carbocycles. The summed E-state index contributed by atoms with van der Waals surface area (Å²) in [4.78, 5) is 17.9. The van der Waals surface area contributed by atoms with E-state index in [2.05, 4.69) is 19.9 Å². The minimum absolute atomic E-state index is 0.155. The molecule has 0 aliphatic carbocycles. The fourth-order valence-electron chi connectivity index (χ4n) is 1.66. The van der Waals surface area contributed by atoms with Crippen molar-refractivity contribution in [3.8, 4) is 0 Å². The van der Waals surface area contributed by atoms with Crippen molar-refractivity contribution in [2.24, 2.45) is 0 Å². The lowest BCUT2D eigenvalue weighted by molar-refractivity contribution is 0.595. The van der Waals surface area contributed by atoms with Crippen molar-refractivity contribution in [3.05, 3.63) is 36.9 Å². The summed E-state index contributed by atoms with van der Waals surface area (Å²) < 4.78 is 24.9. The first-order chi connectivity index (χ1) is 9.98. The molecular weight excluding hydrogens is 292 g/mol. The van der Waals surface area contributed by atoms with Crippen LogP contribution in [0.3, 0.4) is 0 Å². The third-order valence-electron chi connectivity index (χ3n) is 2.71. The number of sulfonamides is 1. The fourth-order valence-corrected chi connectivity index (χ4v) is 2.47. The second-order valence-electron chi connectivity index (χ2n) is 4.35. The van der Waals surface area contributed by atoms with Gasteiger partial charge < -0.3 is 4.90 Å². The molecule has 112 valence electrons. The molecule has 2 aromatic heterocycles. The number of nitrogens with zero attached hydrogens (tertiary/aromatic N) is 6. The Kier molecular flexibility index (Phi) is 4.63. The molecule has 8 nitrogen and oxygen atoms in total. The Morgan fingerprint density at radius 1 is 0.905 bits per heavy atom. The van der Waals surface area contributed by atoms with Gasteiger partial charge in [0.15, 0.2) is 0 Å². The molecule has 0 amide bonds. The van der Waals surface area contributed by atoms with E-state index >= 15 is 0 Å². The van der Waals surface area contributed by atoms with E-state index in [4.69, 9.17) is 0 Å². The highest BCUT2D eigenvalue weighted by atomic mass is 32.2. The van der Waals surface area contributed by atoms with E-state index < -0.39 is 10.0 Å². The Hall–Kier alpha value is -2.29. The largest absolute Gasteiger partial charge is 0.342 e. The summed E-state index contributed by atoms with van der Waals surface area (Å²) in [5.74, 6) is 0.683. The standard InChI is InChI=1S/C12H16N6O2S/c1-17(11-13-5-3-6-14-11)9-10-18(21(2,19)20)12-15-7-4-8-16-12/h3-8H,9-10H2,1-2H3. The number of aromatic nitrogens is 4. The summed E-state index contributed by atoms with van der Waals surface area (Å²) in [6, 6.07) is 3.35. The molecule has 0 spiro atoms. The van der Waals surface area contributed by atoms with Crippen LogP contribution in [0, 0.1) is 0 Å². The predicted octanol–water partition coefficient (Wildman–Crippen LogP) is 0.169. The van der Waals surface area contributed by atoms with Crippen LogP contribution in [0.1, 0.15) is 0 Å². The van der Waals surface area contributed by atoms with Crippen LogP contribution in [0.4, 0.5) is 11.9 Å². The van der Waals surface area contributed by atoms with Gasteiger partial charge in [-0.25, -0.2) is 32.7 Å². The Morgan fingerprint density at radius 3 is 1.86 bits per heavy atom. The summed E-state index contributed by atoms with van der Waals surface area (Å²) >= 11 is 0. The van der Waals surface area contributed by atoms with E-state index in [0.717, 1.165) is 10.6 Å². The first-order valence-electron chi connectivity index (χ1n) is 6.21. The van der Waals surface area contributed by atoms with E-state index in [1.165, 1.54) is 12.4 Å². The number of anilines is 2. The maximum Gasteiger partial charge on any atom is 0.239 e. The quantitative estimate of drug-likeness (QED) is 0.751. The van der Waals surface area contributed by atoms with Gasteiger partial charge >= 0.3 is 0 Å². The minimum Gasteiger partial charge on any atom is -0.342 e. The maximum atomic E-state index is 11.9. The number of rotatable bonds is 6. The highest BCUT2D eigenvalue weighted by Crippen LogP contribution is 2.10. The Labute approximate surface area is 123 Å². The molecule has 9 heteroatoms. The number of hydrogen-bond donors (Lipinski definition) is 0. The smallest absolute Gasteiger partial charge is 0.239 e. The molecule has 0 saturated heterocycles. The molecule has 2 heterocycles. The second kappa shape index (κ2) is 6.44. The van der Waals surface area contributed by atoms with Crippen LogP contribution in [0.5, 0.6) is 0 Å². The van der Waals surface area contributed by atoms with Crippen molar-refractivity contribution < 1.29 is 8.42 Å². The summed E-state index contributed by atoms with van der Waals surface area (Å²) in [6.07, 6.45) is 7.40. The SMILES string of the molecule is CN(CCN(c1ncccn1)S(C)(=O)=O)c1ncccn1. The lowest BCUT2D eigenvalue weighted by Crippen LogP contribution is -2.38. The highest BCUT2D eigenvalue weighted by Gasteiger charge is 2.20. The third-order valence-corrected chi connectivity index (χ3v) is 3.85. The average Bonchev–Trinajstić information content (AvgIpc) is 2.48. The normalized spacial score (nSPS) is 11.1. The van der Waals surface area contributed by atoms with E-state index in [1.54, 1.807) is 36.5 Å². The lowest BCUT2D eigenvalue weighted by Gasteiger charge is -2.23. The van der Waals surface area contributed by atoms with Crippen LogP contribution >= 0.6 is 0 Å². The van der Waals surface area contributed by atoms with Crippen molar-refractivity contribution in [2.75, 3.05) is 35.6 Å². The second-order valence-corrected chi connectivity index (χ2v) is 6.26. The molecule has 0 aliphatic heterocycles. The van der Waals surface area contributed by atoms with E-state index in [1.807, 2.05) is 0 Å². The molecule has 0 saturated carbocycles. The van der Waals surface area contributed by atoms with Gasteiger partial charge in [0.1, 0.15) is 0 Å². The van der Waals surface area contributed by atoms with Crippen LogP contribution in [-0.2, 0) is 10.0 Å². The van der Waals surface area contributed by atoms with Gasteiger partial charge in [0.25, 0.3) is 0 Å². The van der Waals surface area contributed by atoms with Gasteiger partial charge in [0.05, 0.1) is 12.8 Å². The molecule has 2 aromatic rings. The van der Waals surface area contributed by atoms with Crippen molar-refractivity contribution >= 4 is 21.9 Å². The predicted molar refractivity (Wildman–Crippen MR) is 79.5 cm³/mol. The summed E-state index contributed by atoms with van der Waals surface area (Å²) in [6.45, 7) is 0.618. The van der Waals surface area contributed by atoms with Crippen LogP contribution in [0.15, 0.2) is 36.9 Å². The molecular formula is C12H16N6O2S. The van der Waals surface area contributed by atoms with Gasteiger partial charge in [-0.3, -0.25) is 0 Å². The monoisotopic (exact) mass is 308 g/mol. The molecule has 0 atom stereocenters. The summed E-state index contributed by atoms with van der Waals surface area (Å²) in [5.41, 5.74) is 0. The van der Waals surface area contributed by atoms with Gasteiger partial charge in [-0.05, 0) is 12.1 Å². The molecule has 0 unspecified atom stereocenters. The fraction of sp³-hybridized carbons (Fsp3) is 0.333. The third kappa shape index (κ3) is 4.09. The summed E-state index contributed by atoms with van der Waals surface area (Å²) in [7, 11) is -1.66. The first kappa shape index (κ1) is 15.1. The zero-order valence-electron chi connectivity index (χ0n) is 11.8. The molecule has 0 fully saturated rings. The molecule has 0 aliphatic rings. The minimum atomic E-state index is -3.45. The van der Waals surface area contributed by atoms with Crippen molar-refractivity contribution in [3.63, 3.8) is 0 Å². The van der Waals surface area contributed by atoms with Gasteiger partial charge in [0.2, 0.25) is 21.9 Å². The molecule has 0 bridgehead atoms. The average molecular weight is 308 g/mol. The first-order valence-corrected chi connectivity index (χ1v) is 8.06. The zero-order valence-corrected chi connectivity index (χ0v) is 12.6. The molecule has 2 rings (SSSR count). The Balaban J connectivity index is 2.11. The number of hydrogen-bond acceptors (Lipinski definition) is 7. The van der Waals surface area contributed by atoms with Gasteiger partial charge in [-0.1, -0.05) is 0 Å². The Bertz CT molecular complexity index is 665. The van der Waals surface area contributed by atoms with Crippen LogP contribution in [-0.4, -0.2) is 54.7 Å². The van der Waals surface area contributed by atoms with E-state index in [-0.39, 0.29) is 12.5 Å². The van der Waals surface area contributed by atoms with E-state index in [9.17, 15) is 8.42 Å². The van der Waals surface area contributed by atoms with Crippen molar-refractivity contribution in [2.45, 2.75) is 0 Å². The summed E-state index contributed by atoms with van der Waals surface area (Å²) in [5, 5.41) is 0. The lowest BCUT2D eigenvalue weighted by atomic mass is 10.5. The van der Waals surface area contributed by atoms with Crippen molar-refractivity contribution in [1.82, 2.24) is 19.9 Å². The molecule has 21 heavy (non-hydrogen) atoms. The van der Waals surface area contributed by atoms with Crippen LogP contribution < -0.4 is 9.21 Å². The van der Waals surface area contributed by atoms with Crippen molar-refractivity contribution in [1.29, 1.82) is 0 Å². The van der Waals surface area contributed by atoms with Gasteiger partial charge in [0, 0.05) is 38.4 Å². The van der Waals surface area contributed by atoms with E-state index in [0.29, 0.717) is 12.5 Å². The van der Waals surface area contributed by atoms with Crippen LogP contribution in [0.2, 0.25) is 0 Å². The zero-order chi connectivity index (χ0) is 15.3. The highest BCUT2D eigenvalue weighted by molar-refractivity contribution is 7.92. The number of likely N-dealkylation sites (N-methyl/N-ethyl adjacent to an activating group) is 1. The molecule has 0 radical (unpaired) electrons. The Morgan fingerprint density at radius 2 is 1.38 bits per heavy atom. The van der Waals surface area contributed by atoms with Gasteiger partial charge in [-0.15, -0.1) is 0 Å². The van der Waals surface area contributed by atoms with Crippen LogP contribution in [0.25, 0.3) is 0 Å². The van der Waals surface area contributed by atoms with Gasteiger partial charge in [-0.2, -0.15) is 0 Å².